The smallest absolute Gasteiger partial charge is 0.179 e. The van der Waals surface area contributed by atoms with Crippen LogP contribution in [0.4, 0.5) is 0 Å². The third kappa shape index (κ3) is 1.45. The lowest BCUT2D eigenvalue weighted by molar-refractivity contribution is 0.153. The molecule has 6 heteroatoms. The Hall–Kier alpha value is -1.53. The minimum absolute atomic E-state index is 0.316. The van der Waals surface area contributed by atoms with Gasteiger partial charge in [0.1, 0.15) is 0 Å². The van der Waals surface area contributed by atoms with Crippen molar-refractivity contribution < 1.29 is 5.11 Å². The number of fused-ring (bicyclic) bond motifs is 1. The van der Waals surface area contributed by atoms with Gasteiger partial charge in [-0.2, -0.15) is 0 Å². The number of nitrogens with zero attached hydrogens (tertiary/aromatic N) is 4. The van der Waals surface area contributed by atoms with Gasteiger partial charge in [-0.1, -0.05) is 6.07 Å². The van der Waals surface area contributed by atoms with Crippen LogP contribution >= 0.6 is 0 Å². The van der Waals surface area contributed by atoms with Gasteiger partial charge in [0.15, 0.2) is 5.65 Å². The van der Waals surface area contributed by atoms with Crippen LogP contribution in [0.5, 0.6) is 0 Å². The number of aliphatic hydroxyl groups is 1. The summed E-state index contributed by atoms with van der Waals surface area (Å²) >= 11 is 0. The third-order valence-corrected chi connectivity index (χ3v) is 2.05. The van der Waals surface area contributed by atoms with Gasteiger partial charge in [-0.3, -0.25) is 0 Å². The summed E-state index contributed by atoms with van der Waals surface area (Å²) in [6.07, 6.45) is 0.979. The molecule has 2 heterocycles. The van der Waals surface area contributed by atoms with Crippen LogP contribution in [0.3, 0.4) is 0 Å². The lowest BCUT2D eigenvalue weighted by atomic mass is 10.1. The highest BCUT2D eigenvalue weighted by atomic mass is 16.3. The summed E-state index contributed by atoms with van der Waals surface area (Å²) < 4.78 is 1.50. The van der Waals surface area contributed by atoms with E-state index >= 15 is 0 Å². The van der Waals surface area contributed by atoms with Gasteiger partial charge in [0.05, 0.1) is 6.10 Å². The van der Waals surface area contributed by atoms with Crippen LogP contribution in [-0.4, -0.2) is 31.2 Å². The fourth-order valence-electron chi connectivity index (χ4n) is 1.24. The van der Waals surface area contributed by atoms with E-state index < -0.39 is 6.10 Å². The molecule has 2 atom stereocenters. The van der Waals surface area contributed by atoms with Crippen molar-refractivity contribution >= 4 is 5.65 Å². The molecule has 0 bridgehead atoms. The molecule has 0 aliphatic rings. The fourth-order valence-corrected chi connectivity index (χ4v) is 1.24. The maximum atomic E-state index is 9.69. The zero-order valence-electron chi connectivity index (χ0n) is 7.70. The van der Waals surface area contributed by atoms with Crippen LogP contribution in [0.2, 0.25) is 0 Å². The Morgan fingerprint density at radius 3 is 3.00 bits per heavy atom. The monoisotopic (exact) mass is 193 g/mol. The number of pyridine rings is 1. The number of rotatable bonds is 2. The van der Waals surface area contributed by atoms with Gasteiger partial charge in [-0.05, 0) is 23.4 Å². The molecule has 0 spiro atoms. The second-order valence-electron chi connectivity index (χ2n) is 3.25. The molecule has 2 aromatic rings. The first-order chi connectivity index (χ1) is 6.68. The highest BCUT2D eigenvalue weighted by Crippen LogP contribution is 2.15. The second-order valence-corrected chi connectivity index (χ2v) is 3.25. The van der Waals surface area contributed by atoms with Gasteiger partial charge >= 0.3 is 0 Å². The number of nitrogens with two attached hydrogens (primary N) is 1. The molecule has 0 aliphatic carbocycles. The van der Waals surface area contributed by atoms with Gasteiger partial charge in [0.25, 0.3) is 0 Å². The topological polar surface area (TPSA) is 89.3 Å². The lowest BCUT2D eigenvalue weighted by Crippen LogP contribution is -2.24. The Balaban J connectivity index is 2.43. The number of aromatic nitrogens is 4. The molecule has 14 heavy (non-hydrogen) atoms. The SMILES string of the molecule is CC(N)C(O)c1ccc2nnnn2c1. The number of tetrazole rings is 1. The van der Waals surface area contributed by atoms with Crippen LogP contribution in [0.25, 0.3) is 5.65 Å². The maximum absolute atomic E-state index is 9.69. The molecule has 0 amide bonds. The second kappa shape index (κ2) is 3.32. The Morgan fingerprint density at radius 2 is 2.29 bits per heavy atom. The zero-order valence-corrected chi connectivity index (χ0v) is 7.70. The number of hydrogen-bond acceptors (Lipinski definition) is 5. The summed E-state index contributed by atoms with van der Waals surface area (Å²) in [5.74, 6) is 0. The van der Waals surface area contributed by atoms with E-state index in [1.165, 1.54) is 4.52 Å². The summed E-state index contributed by atoms with van der Waals surface area (Å²) in [5.41, 5.74) is 6.93. The van der Waals surface area contributed by atoms with Gasteiger partial charge in [0, 0.05) is 17.8 Å². The summed E-state index contributed by atoms with van der Waals surface area (Å²) in [7, 11) is 0. The van der Waals surface area contributed by atoms with Crippen molar-refractivity contribution in [3.05, 3.63) is 23.9 Å². The van der Waals surface area contributed by atoms with E-state index in [1.807, 2.05) is 0 Å². The van der Waals surface area contributed by atoms with Crippen molar-refractivity contribution in [3.63, 3.8) is 0 Å². The summed E-state index contributed by atoms with van der Waals surface area (Å²) in [6, 6.07) is 3.18. The van der Waals surface area contributed by atoms with E-state index in [0.717, 1.165) is 0 Å². The largest absolute Gasteiger partial charge is 0.387 e. The van der Waals surface area contributed by atoms with Gasteiger partial charge in [-0.25, -0.2) is 4.52 Å². The predicted molar refractivity (Wildman–Crippen MR) is 49.4 cm³/mol. The van der Waals surface area contributed by atoms with Crippen LogP contribution in [-0.2, 0) is 0 Å². The van der Waals surface area contributed by atoms with Gasteiger partial charge in [-0.15, -0.1) is 5.10 Å². The van der Waals surface area contributed by atoms with Crippen molar-refractivity contribution in [2.45, 2.75) is 19.1 Å². The Bertz CT molecular complexity index is 438. The normalized spacial score (nSPS) is 15.6. The summed E-state index contributed by atoms with van der Waals surface area (Å²) in [6.45, 7) is 1.74. The molecule has 2 rings (SSSR count). The molecule has 74 valence electrons. The minimum atomic E-state index is -0.691. The third-order valence-electron chi connectivity index (χ3n) is 2.05. The van der Waals surface area contributed by atoms with Crippen LogP contribution in [0, 0.1) is 0 Å². The van der Waals surface area contributed by atoms with E-state index in [0.29, 0.717) is 11.2 Å². The first-order valence-corrected chi connectivity index (χ1v) is 4.30. The van der Waals surface area contributed by atoms with Crippen molar-refractivity contribution in [1.82, 2.24) is 20.0 Å². The van der Waals surface area contributed by atoms with Crippen molar-refractivity contribution in [3.8, 4) is 0 Å². The maximum Gasteiger partial charge on any atom is 0.179 e. The molecule has 0 saturated heterocycles. The van der Waals surface area contributed by atoms with Crippen LogP contribution in [0.1, 0.15) is 18.6 Å². The van der Waals surface area contributed by atoms with Crippen LogP contribution < -0.4 is 5.73 Å². The van der Waals surface area contributed by atoms with Crippen LogP contribution in [0.15, 0.2) is 18.3 Å². The fraction of sp³-hybridized carbons (Fsp3) is 0.375. The highest BCUT2D eigenvalue weighted by Gasteiger charge is 2.13. The molecule has 0 saturated carbocycles. The molecule has 0 radical (unpaired) electrons. The molecular formula is C8H11N5O. The zero-order chi connectivity index (χ0) is 10.1. The average molecular weight is 193 g/mol. The molecule has 0 aliphatic heterocycles. The van der Waals surface area contributed by atoms with E-state index in [9.17, 15) is 5.11 Å². The molecule has 0 aromatic carbocycles. The van der Waals surface area contributed by atoms with E-state index in [-0.39, 0.29) is 6.04 Å². The highest BCUT2D eigenvalue weighted by molar-refractivity contribution is 5.36. The summed E-state index contributed by atoms with van der Waals surface area (Å²) in [4.78, 5) is 0. The first kappa shape index (κ1) is 9.04. The Labute approximate surface area is 80.3 Å². The number of aliphatic hydroxyl groups excluding tert-OH is 1. The molecule has 6 nitrogen and oxygen atoms in total. The molecule has 2 aromatic heterocycles. The van der Waals surface area contributed by atoms with E-state index in [2.05, 4.69) is 15.5 Å². The van der Waals surface area contributed by atoms with E-state index in [1.54, 1.807) is 25.3 Å². The van der Waals surface area contributed by atoms with Crippen molar-refractivity contribution in [2.75, 3.05) is 0 Å². The predicted octanol–water partition coefficient (Wildman–Crippen LogP) is -0.495. The first-order valence-electron chi connectivity index (χ1n) is 4.30. The molecule has 3 N–H and O–H groups in total. The average Bonchev–Trinajstić information content (AvgIpc) is 2.62. The van der Waals surface area contributed by atoms with Gasteiger partial charge < -0.3 is 10.8 Å². The van der Waals surface area contributed by atoms with Gasteiger partial charge in [0.2, 0.25) is 0 Å². The summed E-state index contributed by atoms with van der Waals surface area (Å²) in [5, 5.41) is 20.7. The molecular weight excluding hydrogens is 182 g/mol. The standard InChI is InChI=1S/C8H11N5O/c1-5(9)8(14)6-2-3-7-10-11-12-13(7)4-6/h2-5,8,14H,9H2,1H3. The quantitative estimate of drug-likeness (QED) is 0.671. The Morgan fingerprint density at radius 1 is 1.50 bits per heavy atom. The Kier molecular flexibility index (Phi) is 2.14. The molecule has 2 unspecified atom stereocenters. The minimum Gasteiger partial charge on any atom is -0.387 e. The lowest BCUT2D eigenvalue weighted by Gasteiger charge is -2.14. The van der Waals surface area contributed by atoms with Crippen molar-refractivity contribution in [2.24, 2.45) is 5.73 Å². The molecule has 0 fully saturated rings. The van der Waals surface area contributed by atoms with E-state index in [4.69, 9.17) is 5.73 Å². The number of hydrogen-bond donors (Lipinski definition) is 2. The van der Waals surface area contributed by atoms with Crippen molar-refractivity contribution in [1.29, 1.82) is 0 Å².